The molecule has 1 fully saturated rings. The van der Waals surface area contributed by atoms with Crippen LogP contribution in [0.25, 0.3) is 0 Å². The van der Waals surface area contributed by atoms with Gasteiger partial charge in [-0.25, -0.2) is 4.99 Å². The number of hydrogen-bond donors (Lipinski definition) is 3. The van der Waals surface area contributed by atoms with Crippen LogP contribution in [0.5, 0.6) is 0 Å². The summed E-state index contributed by atoms with van der Waals surface area (Å²) in [5.41, 5.74) is 1.96. The first-order valence-corrected chi connectivity index (χ1v) is 9.65. The molecule has 0 aromatic heterocycles. The van der Waals surface area contributed by atoms with E-state index in [-0.39, 0.29) is 11.8 Å². The summed E-state index contributed by atoms with van der Waals surface area (Å²) in [7, 11) is 0. The van der Waals surface area contributed by atoms with Gasteiger partial charge in [0.1, 0.15) is 0 Å². The van der Waals surface area contributed by atoms with Crippen LogP contribution >= 0.6 is 0 Å². The molecule has 0 bridgehead atoms. The van der Waals surface area contributed by atoms with Crippen LogP contribution in [-0.2, 0) is 11.3 Å². The molecule has 0 atom stereocenters. The zero-order valence-corrected chi connectivity index (χ0v) is 15.6. The highest BCUT2D eigenvalue weighted by Crippen LogP contribution is 2.27. The number of aliphatic imine (C=N–C) groups is 1. The first-order valence-electron chi connectivity index (χ1n) is 9.65. The summed E-state index contributed by atoms with van der Waals surface area (Å²) in [6, 6.07) is 7.98. The van der Waals surface area contributed by atoms with E-state index in [9.17, 15) is 4.79 Å². The van der Waals surface area contributed by atoms with Crippen LogP contribution in [0.2, 0.25) is 0 Å². The Morgan fingerprint density at radius 2 is 2.04 bits per heavy atom. The number of unbranched alkanes of at least 4 members (excludes halogenated alkanes) is 2. The van der Waals surface area contributed by atoms with Gasteiger partial charge in [-0.3, -0.25) is 4.79 Å². The summed E-state index contributed by atoms with van der Waals surface area (Å²) in [6.07, 6.45) is 6.82. The Morgan fingerprint density at radius 1 is 1.20 bits per heavy atom. The molecule has 0 radical (unpaired) electrons. The van der Waals surface area contributed by atoms with E-state index < -0.39 is 0 Å². The molecular formula is C20H32N4O. The van der Waals surface area contributed by atoms with E-state index in [1.54, 1.807) is 0 Å². The topological polar surface area (TPSA) is 65.5 Å². The molecule has 1 aliphatic rings. The van der Waals surface area contributed by atoms with Gasteiger partial charge in [-0.05, 0) is 43.9 Å². The van der Waals surface area contributed by atoms with Crippen LogP contribution in [-0.4, -0.2) is 25.0 Å². The van der Waals surface area contributed by atoms with E-state index in [0.29, 0.717) is 6.54 Å². The number of anilines is 1. The summed E-state index contributed by atoms with van der Waals surface area (Å²) in [5.74, 6) is 1.20. The largest absolute Gasteiger partial charge is 0.357 e. The molecule has 5 heteroatoms. The van der Waals surface area contributed by atoms with Gasteiger partial charge < -0.3 is 16.0 Å². The predicted octanol–water partition coefficient (Wildman–Crippen LogP) is 3.67. The van der Waals surface area contributed by atoms with Gasteiger partial charge in [-0.15, -0.1) is 0 Å². The smallest absolute Gasteiger partial charge is 0.227 e. The minimum absolute atomic E-state index is 0.151. The van der Waals surface area contributed by atoms with Crippen molar-refractivity contribution in [3.8, 4) is 0 Å². The molecule has 1 saturated carbocycles. The van der Waals surface area contributed by atoms with Crippen LogP contribution in [0.4, 0.5) is 5.69 Å². The average Bonchev–Trinajstić information content (AvgIpc) is 2.55. The van der Waals surface area contributed by atoms with Crippen molar-refractivity contribution in [2.45, 2.75) is 58.9 Å². The van der Waals surface area contributed by atoms with Gasteiger partial charge in [0.05, 0.1) is 6.54 Å². The molecule has 138 valence electrons. The van der Waals surface area contributed by atoms with E-state index in [0.717, 1.165) is 49.6 Å². The van der Waals surface area contributed by atoms with Gasteiger partial charge in [-0.2, -0.15) is 0 Å². The van der Waals surface area contributed by atoms with Gasteiger partial charge in [-0.1, -0.05) is 38.3 Å². The van der Waals surface area contributed by atoms with Gasteiger partial charge >= 0.3 is 0 Å². The number of carbonyl (C=O) groups excluding carboxylic acids is 1. The Bertz CT molecular complexity index is 567. The van der Waals surface area contributed by atoms with Gasteiger partial charge in [0, 0.05) is 24.7 Å². The van der Waals surface area contributed by atoms with Crippen LogP contribution in [0.1, 0.15) is 57.9 Å². The Hall–Kier alpha value is -2.04. The molecule has 1 aliphatic carbocycles. The maximum absolute atomic E-state index is 12.1. The number of guanidine groups is 1. The van der Waals surface area contributed by atoms with E-state index in [2.05, 4.69) is 34.8 Å². The molecule has 0 spiro atoms. The maximum atomic E-state index is 12.1. The Morgan fingerprint density at radius 3 is 2.72 bits per heavy atom. The van der Waals surface area contributed by atoms with Crippen molar-refractivity contribution in [1.82, 2.24) is 10.6 Å². The fourth-order valence-electron chi connectivity index (χ4n) is 2.76. The third-order valence-corrected chi connectivity index (χ3v) is 4.51. The maximum Gasteiger partial charge on any atom is 0.227 e. The fraction of sp³-hybridized carbons (Fsp3) is 0.600. The lowest BCUT2D eigenvalue weighted by molar-refractivity contribution is -0.122. The Kier molecular flexibility index (Phi) is 8.29. The second kappa shape index (κ2) is 10.7. The zero-order valence-electron chi connectivity index (χ0n) is 15.6. The lowest BCUT2D eigenvalue weighted by Gasteiger charge is -2.24. The summed E-state index contributed by atoms with van der Waals surface area (Å²) in [5, 5.41) is 9.67. The number of hydrogen-bond acceptors (Lipinski definition) is 2. The van der Waals surface area contributed by atoms with Crippen LogP contribution in [0, 0.1) is 5.92 Å². The molecule has 2 rings (SSSR count). The molecule has 5 nitrogen and oxygen atoms in total. The molecule has 0 aliphatic heterocycles. The van der Waals surface area contributed by atoms with E-state index in [1.165, 1.54) is 19.3 Å². The van der Waals surface area contributed by atoms with Crippen molar-refractivity contribution >= 4 is 17.6 Å². The fourth-order valence-corrected chi connectivity index (χ4v) is 2.76. The molecule has 1 amide bonds. The van der Waals surface area contributed by atoms with Gasteiger partial charge in [0.25, 0.3) is 0 Å². The third-order valence-electron chi connectivity index (χ3n) is 4.51. The van der Waals surface area contributed by atoms with Gasteiger partial charge in [0.2, 0.25) is 5.91 Å². The van der Waals surface area contributed by atoms with E-state index >= 15 is 0 Å². The lowest BCUT2D eigenvalue weighted by Crippen LogP contribution is -2.37. The Balaban J connectivity index is 1.88. The van der Waals surface area contributed by atoms with E-state index in [4.69, 9.17) is 0 Å². The molecule has 0 saturated heterocycles. The highest BCUT2D eigenvalue weighted by atomic mass is 16.1. The SMILES string of the molecule is CCCCCNC(=NCc1cccc(NC(=O)C2CCC2)c1)NCC. The molecule has 1 aromatic carbocycles. The molecule has 3 N–H and O–H groups in total. The quantitative estimate of drug-likeness (QED) is 0.364. The molecule has 0 heterocycles. The minimum atomic E-state index is 0.151. The van der Waals surface area contributed by atoms with E-state index in [1.807, 2.05) is 24.3 Å². The van der Waals surface area contributed by atoms with Crippen LogP contribution in [0.15, 0.2) is 29.3 Å². The van der Waals surface area contributed by atoms with Crippen molar-refractivity contribution < 1.29 is 4.79 Å². The number of carbonyl (C=O) groups is 1. The van der Waals surface area contributed by atoms with Crippen LogP contribution in [0.3, 0.4) is 0 Å². The minimum Gasteiger partial charge on any atom is -0.357 e. The monoisotopic (exact) mass is 344 g/mol. The predicted molar refractivity (Wildman–Crippen MR) is 105 cm³/mol. The lowest BCUT2D eigenvalue weighted by atomic mass is 9.85. The molecule has 0 unspecified atom stereocenters. The Labute approximate surface area is 151 Å². The second-order valence-electron chi connectivity index (χ2n) is 6.65. The first kappa shape index (κ1) is 19.3. The highest BCUT2D eigenvalue weighted by molar-refractivity contribution is 5.93. The summed E-state index contributed by atoms with van der Waals surface area (Å²) < 4.78 is 0. The van der Waals surface area contributed by atoms with Crippen molar-refractivity contribution in [3.63, 3.8) is 0 Å². The number of amides is 1. The zero-order chi connectivity index (χ0) is 17.9. The number of nitrogens with one attached hydrogen (secondary N) is 3. The highest BCUT2D eigenvalue weighted by Gasteiger charge is 2.25. The summed E-state index contributed by atoms with van der Waals surface area (Å²) in [4.78, 5) is 16.7. The average molecular weight is 345 g/mol. The van der Waals surface area contributed by atoms with Crippen LogP contribution < -0.4 is 16.0 Å². The third kappa shape index (κ3) is 6.77. The second-order valence-corrected chi connectivity index (χ2v) is 6.65. The number of benzene rings is 1. The normalized spacial score (nSPS) is 14.7. The van der Waals surface area contributed by atoms with Crippen molar-refractivity contribution in [2.75, 3.05) is 18.4 Å². The van der Waals surface area contributed by atoms with Crippen molar-refractivity contribution in [1.29, 1.82) is 0 Å². The standard InChI is InChI=1S/C20H32N4O/c1-3-5-6-13-22-20(21-4-2)23-15-16-9-7-12-18(14-16)24-19(25)17-10-8-11-17/h7,9,12,14,17H,3-6,8,10-11,13,15H2,1-2H3,(H,24,25)(H2,21,22,23). The number of rotatable bonds is 9. The van der Waals surface area contributed by atoms with Crippen molar-refractivity contribution in [3.05, 3.63) is 29.8 Å². The summed E-state index contributed by atoms with van der Waals surface area (Å²) >= 11 is 0. The van der Waals surface area contributed by atoms with Gasteiger partial charge in [0.15, 0.2) is 5.96 Å². The molecule has 25 heavy (non-hydrogen) atoms. The number of nitrogens with zero attached hydrogens (tertiary/aromatic N) is 1. The summed E-state index contributed by atoms with van der Waals surface area (Å²) in [6.45, 7) is 6.65. The first-order chi connectivity index (χ1) is 12.2. The van der Waals surface area contributed by atoms with Crippen molar-refractivity contribution in [2.24, 2.45) is 10.9 Å². The molecule has 1 aromatic rings. The molecular weight excluding hydrogens is 312 g/mol.